The van der Waals surface area contributed by atoms with Crippen molar-refractivity contribution in [2.45, 2.75) is 18.6 Å². The molecular formula is C8H18N6O2S. The SMILES string of the molecule is CS(=O)(=O)N1CCC(C2(N)N=C(N)NN2)CC1. The zero-order valence-corrected chi connectivity index (χ0v) is 10.5. The minimum Gasteiger partial charge on any atom is -0.369 e. The van der Waals surface area contributed by atoms with Crippen molar-refractivity contribution in [3.8, 4) is 0 Å². The van der Waals surface area contributed by atoms with E-state index in [2.05, 4.69) is 15.8 Å². The summed E-state index contributed by atoms with van der Waals surface area (Å²) in [6, 6.07) is 0. The van der Waals surface area contributed by atoms with Crippen molar-refractivity contribution in [1.29, 1.82) is 0 Å². The predicted octanol–water partition coefficient (Wildman–Crippen LogP) is -2.31. The number of nitrogens with zero attached hydrogens (tertiary/aromatic N) is 2. The summed E-state index contributed by atoms with van der Waals surface area (Å²) in [4.78, 5) is 4.11. The number of nitrogens with two attached hydrogens (primary N) is 2. The van der Waals surface area contributed by atoms with Crippen molar-refractivity contribution >= 4 is 16.0 Å². The standard InChI is InChI=1S/C8H18N6O2S/c1-17(15,16)14-4-2-6(3-5-14)8(10)11-7(9)12-13-8/h6,13H,2-5,10H2,1H3,(H3,9,11,12). The molecule has 2 aliphatic heterocycles. The first-order valence-corrected chi connectivity index (χ1v) is 7.28. The van der Waals surface area contributed by atoms with Gasteiger partial charge >= 0.3 is 0 Å². The molecule has 2 heterocycles. The molecule has 6 N–H and O–H groups in total. The third-order valence-corrected chi connectivity index (χ3v) is 4.54. The lowest BCUT2D eigenvalue weighted by molar-refractivity contribution is 0.155. The number of aliphatic imine (C=N–C) groups is 1. The van der Waals surface area contributed by atoms with E-state index >= 15 is 0 Å². The van der Waals surface area contributed by atoms with Crippen molar-refractivity contribution in [2.75, 3.05) is 19.3 Å². The Labute approximate surface area is 100 Å². The lowest BCUT2D eigenvalue weighted by Gasteiger charge is -2.37. The fraction of sp³-hybridized carbons (Fsp3) is 0.875. The predicted molar refractivity (Wildman–Crippen MR) is 64.0 cm³/mol. The molecule has 0 bridgehead atoms. The first-order chi connectivity index (χ1) is 7.81. The van der Waals surface area contributed by atoms with Gasteiger partial charge in [0, 0.05) is 19.0 Å². The maximum absolute atomic E-state index is 11.4. The summed E-state index contributed by atoms with van der Waals surface area (Å²) in [5.41, 5.74) is 17.1. The van der Waals surface area contributed by atoms with E-state index in [0.717, 1.165) is 0 Å². The van der Waals surface area contributed by atoms with Crippen molar-refractivity contribution in [3.05, 3.63) is 0 Å². The van der Waals surface area contributed by atoms with Crippen molar-refractivity contribution in [2.24, 2.45) is 22.4 Å². The Balaban J connectivity index is 2.01. The molecule has 0 aliphatic carbocycles. The molecule has 0 spiro atoms. The molecule has 1 saturated heterocycles. The lowest BCUT2D eigenvalue weighted by Crippen LogP contribution is -2.60. The minimum atomic E-state index is -3.11. The van der Waals surface area contributed by atoms with E-state index in [1.807, 2.05) is 0 Å². The van der Waals surface area contributed by atoms with E-state index in [1.54, 1.807) is 0 Å². The summed E-state index contributed by atoms with van der Waals surface area (Å²) >= 11 is 0. The molecule has 1 atom stereocenters. The largest absolute Gasteiger partial charge is 0.369 e. The van der Waals surface area contributed by atoms with E-state index in [-0.39, 0.29) is 11.9 Å². The van der Waals surface area contributed by atoms with Gasteiger partial charge in [-0.3, -0.25) is 11.2 Å². The number of hydrogen-bond acceptors (Lipinski definition) is 7. The molecule has 17 heavy (non-hydrogen) atoms. The third kappa shape index (κ3) is 2.51. The van der Waals surface area contributed by atoms with E-state index in [4.69, 9.17) is 11.5 Å². The highest BCUT2D eigenvalue weighted by Crippen LogP contribution is 2.27. The van der Waals surface area contributed by atoms with Gasteiger partial charge in [-0.05, 0) is 12.8 Å². The van der Waals surface area contributed by atoms with Gasteiger partial charge in [0.1, 0.15) is 0 Å². The van der Waals surface area contributed by atoms with Gasteiger partial charge in [0.2, 0.25) is 16.0 Å². The van der Waals surface area contributed by atoms with Crippen LogP contribution in [0.15, 0.2) is 4.99 Å². The van der Waals surface area contributed by atoms with Crippen LogP contribution in [0.3, 0.4) is 0 Å². The highest BCUT2D eigenvalue weighted by molar-refractivity contribution is 7.88. The second-order valence-corrected chi connectivity index (χ2v) is 6.49. The van der Waals surface area contributed by atoms with Gasteiger partial charge in [-0.25, -0.2) is 17.7 Å². The van der Waals surface area contributed by atoms with E-state index in [9.17, 15) is 8.42 Å². The fourth-order valence-corrected chi connectivity index (χ4v) is 3.11. The molecular weight excluding hydrogens is 244 g/mol. The van der Waals surface area contributed by atoms with E-state index < -0.39 is 15.8 Å². The average molecular weight is 262 g/mol. The highest BCUT2D eigenvalue weighted by atomic mass is 32.2. The number of hydrazine groups is 1. The van der Waals surface area contributed by atoms with Gasteiger partial charge in [0.25, 0.3) is 0 Å². The number of hydrogen-bond donors (Lipinski definition) is 4. The molecule has 0 radical (unpaired) electrons. The van der Waals surface area contributed by atoms with Crippen LogP contribution in [0.4, 0.5) is 0 Å². The smallest absolute Gasteiger partial charge is 0.211 e. The topological polar surface area (TPSA) is 126 Å². The number of nitrogens with one attached hydrogen (secondary N) is 2. The Morgan fingerprint density at radius 2 is 2.06 bits per heavy atom. The number of sulfonamides is 1. The molecule has 0 aromatic heterocycles. The molecule has 1 fully saturated rings. The van der Waals surface area contributed by atoms with Crippen LogP contribution in [-0.2, 0) is 10.0 Å². The van der Waals surface area contributed by atoms with Crippen LogP contribution in [-0.4, -0.2) is 43.8 Å². The van der Waals surface area contributed by atoms with Crippen LogP contribution >= 0.6 is 0 Å². The average Bonchev–Trinajstić information content (AvgIpc) is 2.59. The van der Waals surface area contributed by atoms with Crippen LogP contribution in [0.25, 0.3) is 0 Å². The molecule has 98 valence electrons. The first kappa shape index (κ1) is 12.6. The van der Waals surface area contributed by atoms with Crippen LogP contribution in [0, 0.1) is 5.92 Å². The summed E-state index contributed by atoms with van der Waals surface area (Å²) in [7, 11) is -3.11. The molecule has 9 heteroatoms. The second-order valence-electron chi connectivity index (χ2n) is 4.51. The van der Waals surface area contributed by atoms with Gasteiger partial charge in [-0.15, -0.1) is 0 Å². The molecule has 0 amide bonds. The number of piperidine rings is 1. The first-order valence-electron chi connectivity index (χ1n) is 5.44. The summed E-state index contributed by atoms with van der Waals surface area (Å²) < 4.78 is 24.2. The Hall–Kier alpha value is -0.900. The van der Waals surface area contributed by atoms with Gasteiger partial charge in [-0.1, -0.05) is 0 Å². The summed E-state index contributed by atoms with van der Waals surface area (Å²) in [5, 5.41) is 0. The maximum Gasteiger partial charge on any atom is 0.211 e. The molecule has 8 nitrogen and oxygen atoms in total. The zero-order valence-electron chi connectivity index (χ0n) is 9.68. The Bertz CT molecular complexity index is 427. The Morgan fingerprint density at radius 1 is 1.47 bits per heavy atom. The molecule has 2 rings (SSSR count). The van der Waals surface area contributed by atoms with Gasteiger partial charge in [0.05, 0.1) is 6.26 Å². The molecule has 1 unspecified atom stereocenters. The van der Waals surface area contributed by atoms with Crippen molar-refractivity contribution < 1.29 is 8.42 Å². The molecule has 0 aromatic rings. The summed E-state index contributed by atoms with van der Waals surface area (Å²) in [5.74, 6) is -0.597. The van der Waals surface area contributed by atoms with E-state index in [1.165, 1.54) is 10.6 Å². The highest BCUT2D eigenvalue weighted by Gasteiger charge is 2.41. The van der Waals surface area contributed by atoms with Crippen molar-refractivity contribution in [1.82, 2.24) is 15.2 Å². The second kappa shape index (κ2) is 4.09. The third-order valence-electron chi connectivity index (χ3n) is 3.24. The lowest BCUT2D eigenvalue weighted by atomic mass is 9.91. The Kier molecular flexibility index (Phi) is 3.02. The van der Waals surface area contributed by atoms with Gasteiger partial charge in [0.15, 0.2) is 5.79 Å². The summed E-state index contributed by atoms with van der Waals surface area (Å²) in [6.45, 7) is 0.944. The summed E-state index contributed by atoms with van der Waals surface area (Å²) in [6.07, 6.45) is 2.54. The number of rotatable bonds is 2. The monoisotopic (exact) mass is 262 g/mol. The van der Waals surface area contributed by atoms with Crippen LogP contribution in [0.1, 0.15) is 12.8 Å². The number of guanidine groups is 1. The molecule has 2 aliphatic rings. The van der Waals surface area contributed by atoms with Crippen LogP contribution < -0.4 is 22.3 Å². The minimum absolute atomic E-state index is 0.0639. The fourth-order valence-electron chi connectivity index (χ4n) is 2.24. The van der Waals surface area contributed by atoms with E-state index in [0.29, 0.717) is 25.9 Å². The van der Waals surface area contributed by atoms with Gasteiger partial charge < -0.3 is 5.73 Å². The van der Waals surface area contributed by atoms with Crippen LogP contribution in [0.5, 0.6) is 0 Å². The maximum atomic E-state index is 11.4. The molecule has 0 aromatic carbocycles. The van der Waals surface area contributed by atoms with Crippen molar-refractivity contribution in [3.63, 3.8) is 0 Å². The normalized spacial score (nSPS) is 32.2. The van der Waals surface area contributed by atoms with Crippen LogP contribution in [0.2, 0.25) is 0 Å². The quantitative estimate of drug-likeness (QED) is 0.443. The molecule has 0 saturated carbocycles. The van der Waals surface area contributed by atoms with Gasteiger partial charge in [-0.2, -0.15) is 5.43 Å². The zero-order chi connectivity index (χ0) is 12.7. The Morgan fingerprint density at radius 3 is 2.47 bits per heavy atom.